The van der Waals surface area contributed by atoms with Gasteiger partial charge in [0.2, 0.25) is 5.91 Å². The lowest BCUT2D eigenvalue weighted by atomic mass is 10.1. The molecule has 144 valence electrons. The Hall–Kier alpha value is -2.67. The Morgan fingerprint density at radius 1 is 1.04 bits per heavy atom. The van der Waals surface area contributed by atoms with Gasteiger partial charge in [0, 0.05) is 22.1 Å². The predicted octanol–water partition coefficient (Wildman–Crippen LogP) is 2.84. The molecule has 0 bridgehead atoms. The molecule has 1 amide bonds. The molecular weight excluding hydrogens is 366 g/mol. The van der Waals surface area contributed by atoms with Gasteiger partial charge in [-0.15, -0.1) is 0 Å². The summed E-state index contributed by atoms with van der Waals surface area (Å²) in [6.45, 7) is 1.76. The van der Waals surface area contributed by atoms with Crippen molar-refractivity contribution >= 4 is 28.2 Å². The number of methoxy groups -OCH3 is 2. The van der Waals surface area contributed by atoms with Gasteiger partial charge in [-0.2, -0.15) is 0 Å². The highest BCUT2D eigenvalue weighted by Crippen LogP contribution is 2.28. The van der Waals surface area contributed by atoms with E-state index in [0.29, 0.717) is 28.5 Å². The van der Waals surface area contributed by atoms with Gasteiger partial charge >= 0.3 is 0 Å². The van der Waals surface area contributed by atoms with Crippen molar-refractivity contribution in [2.24, 2.45) is 0 Å². The average Bonchev–Trinajstić information content (AvgIpc) is 2.67. The Morgan fingerprint density at radius 3 is 2.41 bits per heavy atom. The van der Waals surface area contributed by atoms with Crippen molar-refractivity contribution in [2.45, 2.75) is 13.3 Å². The first-order valence-electron chi connectivity index (χ1n) is 8.46. The molecule has 1 N–H and O–H groups in total. The Kier molecular flexibility index (Phi) is 7.55. The van der Waals surface area contributed by atoms with Crippen LogP contribution in [0, 0.1) is 0 Å². The summed E-state index contributed by atoms with van der Waals surface area (Å²) in [5.74, 6) is 0.969. The van der Waals surface area contributed by atoms with Crippen LogP contribution in [0.4, 0.5) is 5.69 Å². The van der Waals surface area contributed by atoms with Gasteiger partial charge in [-0.25, -0.2) is 0 Å². The maximum absolute atomic E-state index is 12.4. The molecule has 0 aliphatic rings. The van der Waals surface area contributed by atoms with Crippen LogP contribution in [0.25, 0.3) is 0 Å². The van der Waals surface area contributed by atoms with Gasteiger partial charge in [-0.1, -0.05) is 25.1 Å². The number of nitrogens with one attached hydrogen (secondary N) is 1. The fraction of sp³-hybridized carbons (Fsp3) is 0.300. The van der Waals surface area contributed by atoms with E-state index in [1.807, 2.05) is 0 Å². The van der Waals surface area contributed by atoms with Crippen molar-refractivity contribution in [3.8, 4) is 11.5 Å². The standard InChI is InChI=1S/C20H23NO5S/c1-4-27(24)13-17(22)15-7-5-6-8-16(15)21-20(23)12-14-9-10-18(25-2)19(11-14)26-3/h5-11H,4,12-13H2,1-3H3,(H,21,23). The van der Waals surface area contributed by atoms with E-state index < -0.39 is 10.8 Å². The Balaban J connectivity index is 2.12. The number of hydrogen-bond acceptors (Lipinski definition) is 5. The van der Waals surface area contributed by atoms with Gasteiger partial charge in [0.05, 0.1) is 32.1 Å². The van der Waals surface area contributed by atoms with E-state index in [1.54, 1.807) is 56.5 Å². The molecule has 1 unspecified atom stereocenters. The van der Waals surface area contributed by atoms with Crippen molar-refractivity contribution in [3.05, 3.63) is 53.6 Å². The maximum atomic E-state index is 12.4. The van der Waals surface area contributed by atoms with E-state index in [2.05, 4.69) is 5.32 Å². The minimum atomic E-state index is -1.21. The molecule has 6 nitrogen and oxygen atoms in total. The second kappa shape index (κ2) is 9.87. The zero-order chi connectivity index (χ0) is 19.8. The van der Waals surface area contributed by atoms with E-state index in [4.69, 9.17) is 9.47 Å². The monoisotopic (exact) mass is 389 g/mol. The predicted molar refractivity (Wildman–Crippen MR) is 106 cm³/mol. The molecular formula is C20H23NO5S. The number of carbonyl (C=O) groups is 2. The molecule has 0 saturated carbocycles. The summed E-state index contributed by atoms with van der Waals surface area (Å²) in [4.78, 5) is 24.8. The molecule has 0 spiro atoms. The number of Topliss-reactive ketones (excluding diaryl/α,β-unsaturated/α-hetero) is 1. The Morgan fingerprint density at radius 2 is 1.74 bits per heavy atom. The zero-order valence-electron chi connectivity index (χ0n) is 15.6. The fourth-order valence-electron chi connectivity index (χ4n) is 2.53. The van der Waals surface area contributed by atoms with E-state index in [1.165, 1.54) is 7.11 Å². The second-order valence-electron chi connectivity index (χ2n) is 5.76. The zero-order valence-corrected chi connectivity index (χ0v) is 16.4. The lowest BCUT2D eigenvalue weighted by molar-refractivity contribution is -0.115. The average molecular weight is 389 g/mol. The van der Waals surface area contributed by atoms with Gasteiger partial charge in [0.25, 0.3) is 0 Å². The van der Waals surface area contributed by atoms with Crippen LogP contribution in [0.3, 0.4) is 0 Å². The summed E-state index contributed by atoms with van der Waals surface area (Å²) in [7, 11) is 1.87. The lowest BCUT2D eigenvalue weighted by Gasteiger charge is -2.12. The van der Waals surface area contributed by atoms with Crippen LogP contribution >= 0.6 is 0 Å². The van der Waals surface area contributed by atoms with Gasteiger partial charge in [0.15, 0.2) is 17.3 Å². The molecule has 0 aliphatic heterocycles. The van der Waals surface area contributed by atoms with Crippen LogP contribution in [0.15, 0.2) is 42.5 Å². The van der Waals surface area contributed by atoms with E-state index in [-0.39, 0.29) is 23.9 Å². The first-order chi connectivity index (χ1) is 13.0. The number of anilines is 1. The number of carbonyl (C=O) groups excluding carboxylic acids is 2. The number of ether oxygens (including phenoxy) is 2. The second-order valence-corrected chi connectivity index (χ2v) is 7.50. The minimum absolute atomic E-state index is 0.0565. The van der Waals surface area contributed by atoms with Crippen LogP contribution in [0.1, 0.15) is 22.8 Å². The third-order valence-electron chi connectivity index (χ3n) is 3.93. The third-order valence-corrected chi connectivity index (χ3v) is 5.16. The summed E-state index contributed by atoms with van der Waals surface area (Å²) in [5, 5.41) is 2.77. The molecule has 2 aromatic carbocycles. The first kappa shape index (κ1) is 20.6. The normalized spacial score (nSPS) is 11.5. The number of para-hydroxylation sites is 1. The highest BCUT2D eigenvalue weighted by atomic mass is 32.2. The number of rotatable bonds is 9. The van der Waals surface area contributed by atoms with Crippen LogP contribution in [-0.2, 0) is 22.0 Å². The van der Waals surface area contributed by atoms with Crippen LogP contribution in [0.2, 0.25) is 0 Å². The lowest BCUT2D eigenvalue weighted by Crippen LogP contribution is -2.19. The minimum Gasteiger partial charge on any atom is -0.493 e. The van der Waals surface area contributed by atoms with Crippen LogP contribution in [0.5, 0.6) is 11.5 Å². The first-order valence-corrected chi connectivity index (χ1v) is 9.95. The number of hydrogen-bond donors (Lipinski definition) is 1. The number of amides is 1. The highest BCUT2D eigenvalue weighted by Gasteiger charge is 2.16. The van der Waals surface area contributed by atoms with Crippen LogP contribution in [-0.4, -0.2) is 41.6 Å². The summed E-state index contributed by atoms with van der Waals surface area (Å²) in [6.07, 6.45) is 0.115. The molecule has 2 rings (SSSR count). The van der Waals surface area contributed by atoms with Crippen molar-refractivity contribution in [1.29, 1.82) is 0 Å². The molecule has 2 aromatic rings. The molecule has 0 fully saturated rings. The molecule has 0 heterocycles. The number of ketones is 1. The van der Waals surface area contributed by atoms with Crippen LogP contribution < -0.4 is 14.8 Å². The van der Waals surface area contributed by atoms with Gasteiger partial charge in [-0.3, -0.25) is 13.8 Å². The van der Waals surface area contributed by atoms with E-state index in [0.717, 1.165) is 5.56 Å². The van der Waals surface area contributed by atoms with Gasteiger partial charge in [-0.05, 0) is 29.8 Å². The van der Waals surface area contributed by atoms with E-state index in [9.17, 15) is 13.8 Å². The molecule has 0 aromatic heterocycles. The fourth-order valence-corrected chi connectivity index (χ4v) is 3.18. The molecule has 1 atom stereocenters. The smallest absolute Gasteiger partial charge is 0.228 e. The Labute approximate surface area is 161 Å². The summed E-state index contributed by atoms with van der Waals surface area (Å²) in [6, 6.07) is 12.0. The highest BCUT2D eigenvalue weighted by molar-refractivity contribution is 7.85. The number of benzene rings is 2. The molecule has 0 aliphatic carbocycles. The molecule has 27 heavy (non-hydrogen) atoms. The van der Waals surface area contributed by atoms with Crippen molar-refractivity contribution < 1.29 is 23.3 Å². The quantitative estimate of drug-likeness (QED) is 0.667. The van der Waals surface area contributed by atoms with Gasteiger partial charge in [0.1, 0.15) is 0 Å². The Bertz CT molecular complexity index is 850. The van der Waals surface area contributed by atoms with Crippen molar-refractivity contribution in [3.63, 3.8) is 0 Å². The summed E-state index contributed by atoms with van der Waals surface area (Å²) < 4.78 is 22.1. The topological polar surface area (TPSA) is 81.7 Å². The largest absolute Gasteiger partial charge is 0.493 e. The van der Waals surface area contributed by atoms with E-state index >= 15 is 0 Å². The summed E-state index contributed by atoms with van der Waals surface area (Å²) >= 11 is 0. The maximum Gasteiger partial charge on any atom is 0.228 e. The molecule has 0 radical (unpaired) electrons. The third kappa shape index (κ3) is 5.65. The summed E-state index contributed by atoms with van der Waals surface area (Å²) in [5.41, 5.74) is 1.53. The van der Waals surface area contributed by atoms with Crippen molar-refractivity contribution in [1.82, 2.24) is 0 Å². The molecule has 0 saturated heterocycles. The molecule has 7 heteroatoms. The SMILES string of the molecule is CCS(=O)CC(=O)c1ccccc1NC(=O)Cc1ccc(OC)c(OC)c1. The van der Waals surface area contributed by atoms with Gasteiger partial charge < -0.3 is 14.8 Å². The van der Waals surface area contributed by atoms with Crippen molar-refractivity contribution in [2.75, 3.05) is 31.0 Å².